The second-order valence-corrected chi connectivity index (χ2v) is 6.60. The van der Waals surface area contributed by atoms with E-state index in [1.807, 2.05) is 37.0 Å². The summed E-state index contributed by atoms with van der Waals surface area (Å²) in [4.78, 5) is 6.57. The zero-order valence-corrected chi connectivity index (χ0v) is 13.9. The lowest BCUT2D eigenvalue weighted by molar-refractivity contribution is 0.258. The zero-order chi connectivity index (χ0) is 16.0. The lowest BCUT2D eigenvalue weighted by atomic mass is 10.2. The van der Waals surface area contributed by atoms with Gasteiger partial charge in [-0.2, -0.15) is 10.1 Å². The number of hydrogen-bond donors (Lipinski definition) is 0. The monoisotopic (exact) mass is 331 g/mol. The quantitative estimate of drug-likeness (QED) is 0.719. The summed E-state index contributed by atoms with van der Waals surface area (Å²) in [6.45, 7) is 1.27. The maximum atomic E-state index is 6.35. The summed E-state index contributed by atoms with van der Waals surface area (Å²) in [7, 11) is 3.94. The fraction of sp³-hybridized carbons (Fsp3) is 0.438. The van der Waals surface area contributed by atoms with Gasteiger partial charge in [-0.15, -0.1) is 0 Å². The molecule has 6 nitrogen and oxygen atoms in total. The minimum Gasteiger partial charge on any atom is -0.338 e. The average Bonchev–Trinajstić information content (AvgIpc) is 3.18. The number of nitrogens with zero attached hydrogens (tertiary/aromatic N) is 5. The Balaban J connectivity index is 1.52. The van der Waals surface area contributed by atoms with Crippen molar-refractivity contribution in [1.29, 1.82) is 0 Å². The van der Waals surface area contributed by atoms with Gasteiger partial charge in [-0.3, -0.25) is 9.58 Å². The summed E-state index contributed by atoms with van der Waals surface area (Å²) in [5.74, 6) is 2.01. The number of rotatable bonds is 5. The summed E-state index contributed by atoms with van der Waals surface area (Å²) in [6, 6.07) is 5.87. The maximum absolute atomic E-state index is 6.35. The van der Waals surface area contributed by atoms with Crippen LogP contribution < -0.4 is 0 Å². The summed E-state index contributed by atoms with van der Waals surface area (Å²) in [5, 5.41) is 10.4. The van der Waals surface area contributed by atoms with Crippen LogP contribution in [0.25, 0.3) is 10.9 Å². The van der Waals surface area contributed by atoms with E-state index in [2.05, 4.69) is 20.1 Å². The Morgan fingerprint density at radius 2 is 2.17 bits per heavy atom. The molecule has 4 rings (SSSR count). The molecule has 1 aliphatic rings. The number of aromatic nitrogens is 4. The lowest BCUT2D eigenvalue weighted by Crippen LogP contribution is -2.18. The third-order valence-electron chi connectivity index (χ3n) is 4.15. The third-order valence-corrected chi connectivity index (χ3v) is 4.47. The van der Waals surface area contributed by atoms with E-state index in [-0.39, 0.29) is 0 Å². The Morgan fingerprint density at radius 3 is 2.96 bits per heavy atom. The average molecular weight is 332 g/mol. The molecule has 0 bridgehead atoms. The molecule has 0 N–H and O–H groups in total. The van der Waals surface area contributed by atoms with Gasteiger partial charge < -0.3 is 4.52 Å². The molecule has 1 saturated carbocycles. The first-order valence-electron chi connectivity index (χ1n) is 7.73. The second kappa shape index (κ2) is 5.62. The van der Waals surface area contributed by atoms with Crippen molar-refractivity contribution in [2.45, 2.75) is 31.8 Å². The second-order valence-electron chi connectivity index (χ2n) is 6.20. The van der Waals surface area contributed by atoms with Gasteiger partial charge in [0.2, 0.25) is 5.89 Å². The first-order valence-corrected chi connectivity index (χ1v) is 8.10. The van der Waals surface area contributed by atoms with Crippen molar-refractivity contribution in [1.82, 2.24) is 24.8 Å². The molecular weight excluding hydrogens is 314 g/mol. The van der Waals surface area contributed by atoms with E-state index in [4.69, 9.17) is 16.1 Å². The van der Waals surface area contributed by atoms with E-state index < -0.39 is 0 Å². The van der Waals surface area contributed by atoms with Crippen molar-refractivity contribution in [2.24, 2.45) is 7.05 Å². The molecule has 0 saturated heterocycles. The Labute approximate surface area is 139 Å². The van der Waals surface area contributed by atoms with Gasteiger partial charge in [0.15, 0.2) is 5.82 Å². The van der Waals surface area contributed by atoms with E-state index in [1.165, 1.54) is 12.8 Å². The molecule has 23 heavy (non-hydrogen) atoms. The van der Waals surface area contributed by atoms with Gasteiger partial charge in [0.25, 0.3) is 0 Å². The Morgan fingerprint density at radius 1 is 1.35 bits per heavy atom. The first-order chi connectivity index (χ1) is 11.1. The molecule has 0 amide bonds. The predicted molar refractivity (Wildman–Crippen MR) is 87.2 cm³/mol. The third kappa shape index (κ3) is 2.84. The van der Waals surface area contributed by atoms with Gasteiger partial charge in [-0.1, -0.05) is 22.8 Å². The van der Waals surface area contributed by atoms with Crippen LogP contribution in [0.4, 0.5) is 0 Å². The fourth-order valence-corrected chi connectivity index (χ4v) is 3.12. The molecule has 0 aliphatic heterocycles. The normalized spacial score (nSPS) is 15.0. The van der Waals surface area contributed by atoms with Crippen molar-refractivity contribution < 1.29 is 4.52 Å². The number of halogens is 1. The lowest BCUT2D eigenvalue weighted by Gasteiger charge is -2.12. The SMILES string of the molecule is CN(Cc1nc(C2CC2)no1)Cc1nn(C)c2cccc(Cl)c12. The van der Waals surface area contributed by atoms with E-state index in [0.717, 1.165) is 27.4 Å². The molecule has 120 valence electrons. The van der Waals surface area contributed by atoms with Crippen LogP contribution in [-0.2, 0) is 20.1 Å². The van der Waals surface area contributed by atoms with E-state index >= 15 is 0 Å². The highest BCUT2D eigenvalue weighted by Crippen LogP contribution is 2.38. The van der Waals surface area contributed by atoms with E-state index in [1.54, 1.807) is 0 Å². The van der Waals surface area contributed by atoms with Crippen LogP contribution in [-0.4, -0.2) is 31.9 Å². The smallest absolute Gasteiger partial charge is 0.240 e. The molecule has 2 aromatic heterocycles. The maximum Gasteiger partial charge on any atom is 0.240 e. The minimum absolute atomic E-state index is 0.511. The predicted octanol–water partition coefficient (Wildman–Crippen LogP) is 3.12. The highest BCUT2D eigenvalue weighted by molar-refractivity contribution is 6.35. The van der Waals surface area contributed by atoms with Crippen molar-refractivity contribution in [3.05, 3.63) is 40.6 Å². The number of fused-ring (bicyclic) bond motifs is 1. The first kappa shape index (κ1) is 14.7. The molecule has 0 radical (unpaired) electrons. The van der Waals surface area contributed by atoms with Crippen molar-refractivity contribution in [3.8, 4) is 0 Å². The van der Waals surface area contributed by atoms with Gasteiger partial charge in [-0.25, -0.2) is 0 Å². The Bertz CT molecular complexity index is 851. The molecule has 3 aromatic rings. The van der Waals surface area contributed by atoms with Gasteiger partial charge >= 0.3 is 0 Å². The van der Waals surface area contributed by atoms with Crippen LogP contribution in [0.3, 0.4) is 0 Å². The molecule has 1 aliphatic carbocycles. The number of benzene rings is 1. The number of hydrogen-bond acceptors (Lipinski definition) is 5. The van der Waals surface area contributed by atoms with Crippen LogP contribution in [0.15, 0.2) is 22.7 Å². The molecule has 7 heteroatoms. The van der Waals surface area contributed by atoms with Crippen LogP contribution in [0.2, 0.25) is 5.02 Å². The fourth-order valence-electron chi connectivity index (χ4n) is 2.85. The Kier molecular flexibility index (Phi) is 3.58. The van der Waals surface area contributed by atoms with Crippen LogP contribution >= 0.6 is 11.6 Å². The topological polar surface area (TPSA) is 60.0 Å². The highest BCUT2D eigenvalue weighted by Gasteiger charge is 2.28. The minimum atomic E-state index is 0.511. The highest BCUT2D eigenvalue weighted by atomic mass is 35.5. The van der Waals surface area contributed by atoms with Gasteiger partial charge in [0, 0.05) is 24.9 Å². The molecule has 1 aromatic carbocycles. The summed E-state index contributed by atoms with van der Waals surface area (Å²) in [6.07, 6.45) is 2.35. The van der Waals surface area contributed by atoms with Gasteiger partial charge in [0.05, 0.1) is 22.8 Å². The zero-order valence-electron chi connectivity index (χ0n) is 13.2. The largest absolute Gasteiger partial charge is 0.338 e. The van der Waals surface area contributed by atoms with Gasteiger partial charge in [-0.05, 0) is 32.0 Å². The molecule has 0 spiro atoms. The van der Waals surface area contributed by atoms with E-state index in [0.29, 0.717) is 24.9 Å². The van der Waals surface area contributed by atoms with Crippen molar-refractivity contribution in [2.75, 3.05) is 7.05 Å². The van der Waals surface area contributed by atoms with Crippen LogP contribution in [0.1, 0.15) is 36.2 Å². The van der Waals surface area contributed by atoms with Crippen LogP contribution in [0.5, 0.6) is 0 Å². The number of aryl methyl sites for hydroxylation is 1. The molecular formula is C16H18ClN5O. The van der Waals surface area contributed by atoms with E-state index in [9.17, 15) is 0 Å². The molecule has 0 atom stereocenters. The van der Waals surface area contributed by atoms with Crippen LogP contribution in [0, 0.1) is 0 Å². The molecule has 0 unspecified atom stereocenters. The molecule has 1 fully saturated rings. The van der Waals surface area contributed by atoms with Crippen molar-refractivity contribution in [3.63, 3.8) is 0 Å². The summed E-state index contributed by atoms with van der Waals surface area (Å²) >= 11 is 6.35. The molecule has 2 heterocycles. The summed E-state index contributed by atoms with van der Waals surface area (Å²) < 4.78 is 7.20. The van der Waals surface area contributed by atoms with Crippen molar-refractivity contribution >= 4 is 22.5 Å². The van der Waals surface area contributed by atoms with Gasteiger partial charge in [0.1, 0.15) is 0 Å². The summed E-state index contributed by atoms with van der Waals surface area (Å²) in [5.41, 5.74) is 1.99. The Hall–Kier alpha value is -1.92. The standard InChI is InChI=1S/C16H18ClN5O/c1-21(9-14-18-16(20-23-14)10-6-7-10)8-12-15-11(17)4-3-5-13(15)22(2)19-12/h3-5,10H,6-9H2,1-2H3.